The van der Waals surface area contributed by atoms with E-state index in [4.69, 9.17) is 5.10 Å². The predicted octanol–water partition coefficient (Wildman–Crippen LogP) is 4.97. The Labute approximate surface area is 153 Å². The zero-order valence-electron chi connectivity index (χ0n) is 15.3. The lowest BCUT2D eigenvalue weighted by Gasteiger charge is -2.11. The Hall–Kier alpha value is -2.62. The van der Waals surface area contributed by atoms with Crippen molar-refractivity contribution in [1.29, 1.82) is 0 Å². The van der Waals surface area contributed by atoms with Gasteiger partial charge in [0.05, 0.1) is 11.4 Å². The maximum absolute atomic E-state index is 14.2. The van der Waals surface area contributed by atoms with Crippen molar-refractivity contribution in [2.45, 2.75) is 39.5 Å². The number of nitrogens with zero attached hydrogens (tertiary/aromatic N) is 2. The minimum absolute atomic E-state index is 0.163. The van der Waals surface area contributed by atoms with Gasteiger partial charge in [-0.05, 0) is 68.0 Å². The minimum atomic E-state index is -0.163. The molecule has 134 valence electrons. The molecule has 3 nitrogen and oxygen atoms in total. The number of rotatable bonds is 3. The fourth-order valence-electron chi connectivity index (χ4n) is 3.58. The van der Waals surface area contributed by atoms with Gasteiger partial charge in [-0.2, -0.15) is 5.10 Å². The quantitative estimate of drug-likeness (QED) is 0.724. The molecule has 26 heavy (non-hydrogen) atoms. The molecular formula is C22H24FN3. The summed E-state index contributed by atoms with van der Waals surface area (Å²) in [6, 6.07) is 13.4. The van der Waals surface area contributed by atoms with Gasteiger partial charge in [-0.25, -0.2) is 9.07 Å². The summed E-state index contributed by atoms with van der Waals surface area (Å²) in [6.07, 6.45) is 3.77. The van der Waals surface area contributed by atoms with Crippen LogP contribution in [0.2, 0.25) is 0 Å². The molecule has 0 unspecified atom stereocenters. The average molecular weight is 349 g/mol. The van der Waals surface area contributed by atoms with Crippen LogP contribution in [0.1, 0.15) is 40.8 Å². The lowest BCUT2D eigenvalue weighted by molar-refractivity contribution is 0.612. The summed E-state index contributed by atoms with van der Waals surface area (Å²) in [6.45, 7) is 5.18. The number of benzene rings is 2. The van der Waals surface area contributed by atoms with E-state index in [1.54, 1.807) is 6.07 Å². The summed E-state index contributed by atoms with van der Waals surface area (Å²) in [4.78, 5) is 0. The standard InChI is InChI=1S/C22H24FN3/c1-15-10-11-18(13-16(15)2)26-22-19(8-5-6-12-24-22)21(25-26)14-17-7-3-4-9-20(17)23/h3-4,7,9-11,13,24H,5-6,8,12,14H2,1-2H3. The van der Waals surface area contributed by atoms with Crippen LogP contribution in [0.3, 0.4) is 0 Å². The van der Waals surface area contributed by atoms with Crippen LogP contribution in [0.5, 0.6) is 0 Å². The van der Waals surface area contributed by atoms with Gasteiger partial charge in [0.1, 0.15) is 11.6 Å². The van der Waals surface area contributed by atoms with E-state index < -0.39 is 0 Å². The largest absolute Gasteiger partial charge is 0.370 e. The second-order valence-corrected chi connectivity index (χ2v) is 7.11. The Balaban J connectivity index is 1.81. The van der Waals surface area contributed by atoms with Crippen molar-refractivity contribution in [2.75, 3.05) is 11.9 Å². The fraction of sp³-hybridized carbons (Fsp3) is 0.318. The second-order valence-electron chi connectivity index (χ2n) is 7.11. The molecule has 0 spiro atoms. The molecule has 2 aromatic carbocycles. The number of hydrogen-bond acceptors (Lipinski definition) is 2. The minimum Gasteiger partial charge on any atom is -0.370 e. The number of halogens is 1. The SMILES string of the molecule is Cc1ccc(-n2nc(Cc3ccccc3F)c3c2NCCCC3)cc1C. The highest BCUT2D eigenvalue weighted by Gasteiger charge is 2.21. The zero-order valence-corrected chi connectivity index (χ0v) is 15.3. The van der Waals surface area contributed by atoms with Crippen LogP contribution in [0, 0.1) is 19.7 Å². The Morgan fingerprint density at radius 3 is 2.73 bits per heavy atom. The summed E-state index contributed by atoms with van der Waals surface area (Å²) >= 11 is 0. The number of anilines is 1. The first-order valence-electron chi connectivity index (χ1n) is 9.29. The molecule has 1 N–H and O–H groups in total. The molecule has 0 aliphatic carbocycles. The van der Waals surface area contributed by atoms with E-state index in [0.29, 0.717) is 12.0 Å². The summed E-state index contributed by atoms with van der Waals surface area (Å²) < 4.78 is 16.2. The van der Waals surface area contributed by atoms with Gasteiger partial charge in [0, 0.05) is 18.5 Å². The normalized spacial score (nSPS) is 13.8. The number of fused-ring (bicyclic) bond motifs is 1. The van der Waals surface area contributed by atoms with Crippen LogP contribution >= 0.6 is 0 Å². The predicted molar refractivity (Wildman–Crippen MR) is 104 cm³/mol. The molecule has 1 aliphatic heterocycles. The van der Waals surface area contributed by atoms with Gasteiger partial charge in [-0.15, -0.1) is 0 Å². The second kappa shape index (κ2) is 6.94. The molecule has 2 heterocycles. The highest BCUT2D eigenvalue weighted by Crippen LogP contribution is 2.30. The van der Waals surface area contributed by atoms with Crippen LogP contribution in [-0.2, 0) is 12.8 Å². The van der Waals surface area contributed by atoms with Crippen molar-refractivity contribution < 1.29 is 4.39 Å². The lowest BCUT2D eigenvalue weighted by atomic mass is 10.0. The van der Waals surface area contributed by atoms with E-state index in [0.717, 1.165) is 43.0 Å². The van der Waals surface area contributed by atoms with Gasteiger partial charge in [-0.3, -0.25) is 0 Å². The topological polar surface area (TPSA) is 29.9 Å². The smallest absolute Gasteiger partial charge is 0.133 e. The number of nitrogens with one attached hydrogen (secondary N) is 1. The molecule has 4 rings (SSSR count). The first-order chi connectivity index (χ1) is 12.6. The molecule has 0 fully saturated rings. The van der Waals surface area contributed by atoms with Crippen LogP contribution in [-0.4, -0.2) is 16.3 Å². The monoisotopic (exact) mass is 349 g/mol. The van der Waals surface area contributed by atoms with E-state index in [1.807, 2.05) is 16.8 Å². The van der Waals surface area contributed by atoms with Crippen LogP contribution in [0.15, 0.2) is 42.5 Å². The van der Waals surface area contributed by atoms with Crippen LogP contribution in [0.4, 0.5) is 10.2 Å². The molecule has 4 heteroatoms. The highest BCUT2D eigenvalue weighted by molar-refractivity contribution is 5.56. The molecule has 0 amide bonds. The Bertz CT molecular complexity index is 943. The van der Waals surface area contributed by atoms with Gasteiger partial charge < -0.3 is 5.32 Å². The van der Waals surface area contributed by atoms with Gasteiger partial charge in [0.25, 0.3) is 0 Å². The number of hydrogen-bond donors (Lipinski definition) is 1. The molecule has 0 radical (unpaired) electrons. The van der Waals surface area contributed by atoms with Crippen molar-refractivity contribution >= 4 is 5.82 Å². The van der Waals surface area contributed by atoms with Crippen LogP contribution in [0.25, 0.3) is 5.69 Å². The lowest BCUT2D eigenvalue weighted by Crippen LogP contribution is -2.07. The average Bonchev–Trinajstić information content (AvgIpc) is 2.81. The summed E-state index contributed by atoms with van der Waals surface area (Å²) in [5, 5.41) is 8.45. The molecule has 0 saturated carbocycles. The van der Waals surface area contributed by atoms with E-state index in [1.165, 1.54) is 22.8 Å². The molecule has 1 aliphatic rings. The third-order valence-corrected chi connectivity index (χ3v) is 5.26. The van der Waals surface area contributed by atoms with E-state index in [-0.39, 0.29) is 5.82 Å². The van der Waals surface area contributed by atoms with Crippen molar-refractivity contribution in [3.05, 3.63) is 76.2 Å². The molecule has 0 atom stereocenters. The summed E-state index contributed by atoms with van der Waals surface area (Å²) in [5.74, 6) is 0.903. The van der Waals surface area contributed by atoms with E-state index in [2.05, 4.69) is 37.4 Å². The van der Waals surface area contributed by atoms with Crippen LogP contribution < -0.4 is 5.32 Å². The van der Waals surface area contributed by atoms with Gasteiger partial charge in [-0.1, -0.05) is 24.3 Å². The van der Waals surface area contributed by atoms with Crippen molar-refractivity contribution in [3.63, 3.8) is 0 Å². The Morgan fingerprint density at radius 1 is 1.08 bits per heavy atom. The Morgan fingerprint density at radius 2 is 1.92 bits per heavy atom. The molecule has 1 aromatic heterocycles. The van der Waals surface area contributed by atoms with Crippen molar-refractivity contribution in [3.8, 4) is 5.69 Å². The van der Waals surface area contributed by atoms with E-state index in [9.17, 15) is 4.39 Å². The van der Waals surface area contributed by atoms with Crippen molar-refractivity contribution in [1.82, 2.24) is 9.78 Å². The Kier molecular flexibility index (Phi) is 4.49. The highest BCUT2D eigenvalue weighted by atomic mass is 19.1. The zero-order chi connectivity index (χ0) is 18.1. The van der Waals surface area contributed by atoms with Gasteiger partial charge >= 0.3 is 0 Å². The van der Waals surface area contributed by atoms with Gasteiger partial charge in [0.15, 0.2) is 0 Å². The molecule has 3 aromatic rings. The first-order valence-corrected chi connectivity index (χ1v) is 9.29. The van der Waals surface area contributed by atoms with Gasteiger partial charge in [0.2, 0.25) is 0 Å². The maximum Gasteiger partial charge on any atom is 0.133 e. The first kappa shape index (κ1) is 16.8. The number of aromatic nitrogens is 2. The maximum atomic E-state index is 14.2. The third-order valence-electron chi connectivity index (χ3n) is 5.26. The number of aryl methyl sites for hydroxylation is 2. The molecule has 0 saturated heterocycles. The summed E-state index contributed by atoms with van der Waals surface area (Å²) in [5.41, 5.74) is 6.46. The van der Waals surface area contributed by atoms with Crippen molar-refractivity contribution in [2.24, 2.45) is 0 Å². The third kappa shape index (κ3) is 3.12. The summed E-state index contributed by atoms with van der Waals surface area (Å²) in [7, 11) is 0. The van der Waals surface area contributed by atoms with E-state index >= 15 is 0 Å². The molecule has 0 bridgehead atoms. The fourth-order valence-corrected chi connectivity index (χ4v) is 3.58. The molecular weight excluding hydrogens is 325 g/mol.